The Labute approximate surface area is 86.0 Å². The highest BCUT2D eigenvalue weighted by molar-refractivity contribution is 5.89. The van der Waals surface area contributed by atoms with Gasteiger partial charge in [0.15, 0.2) is 5.75 Å². The number of hydrogen-bond acceptors (Lipinski definition) is 4. The zero-order chi connectivity index (χ0) is 11.4. The lowest BCUT2D eigenvalue weighted by molar-refractivity contribution is -0.830. The van der Waals surface area contributed by atoms with Gasteiger partial charge in [0.05, 0.1) is 19.8 Å². The molecule has 0 aliphatic rings. The average molecular weight is 214 g/mol. The normalized spacial score (nSPS) is 10.0. The first-order valence-corrected chi connectivity index (χ1v) is 4.10. The molecule has 0 saturated heterocycles. The highest BCUT2D eigenvalue weighted by Crippen LogP contribution is 2.32. The van der Waals surface area contributed by atoms with Crippen LogP contribution in [0.15, 0.2) is 12.1 Å². The van der Waals surface area contributed by atoms with Gasteiger partial charge in [0.1, 0.15) is 0 Å². The Morgan fingerprint density at radius 2 is 2.07 bits per heavy atom. The summed E-state index contributed by atoms with van der Waals surface area (Å²) in [5.41, 5.74) is 1.52. The van der Waals surface area contributed by atoms with E-state index < -0.39 is 5.97 Å². The summed E-state index contributed by atoms with van der Waals surface area (Å²) in [6, 6.07) is 2.54. The van der Waals surface area contributed by atoms with E-state index in [1.54, 1.807) is 0 Å². The highest BCUT2D eigenvalue weighted by atomic mass is 16.6. The molecule has 0 amide bonds. The lowest BCUT2D eigenvalue weighted by Gasteiger charge is -2.07. The van der Waals surface area contributed by atoms with E-state index in [0.29, 0.717) is 0 Å². The number of quaternary nitrogens is 1. The maximum atomic E-state index is 10.7. The number of hydrogen-bond donors (Lipinski definition) is 3. The third kappa shape index (κ3) is 2.36. The minimum atomic E-state index is -1.10. The molecule has 15 heavy (non-hydrogen) atoms. The number of phenolic OH excluding ortho intramolecular Hbond substituents is 1. The molecule has 0 atom stereocenters. The van der Waals surface area contributed by atoms with E-state index in [9.17, 15) is 9.90 Å². The van der Waals surface area contributed by atoms with Crippen molar-refractivity contribution >= 4 is 11.7 Å². The third-order valence-corrected chi connectivity index (χ3v) is 1.82. The molecule has 0 aliphatic heterocycles. The summed E-state index contributed by atoms with van der Waals surface area (Å²) in [7, 11) is 2.75. The largest absolute Gasteiger partial charge is 0.500 e. The van der Waals surface area contributed by atoms with Crippen molar-refractivity contribution in [3.05, 3.63) is 17.7 Å². The van der Waals surface area contributed by atoms with Crippen molar-refractivity contribution < 1.29 is 30.1 Å². The smallest absolute Gasteiger partial charge is 0.336 e. The summed E-state index contributed by atoms with van der Waals surface area (Å²) < 4.78 is 4.83. The number of benzene rings is 1. The molecule has 0 fully saturated rings. The molecule has 0 bridgehead atoms. The Hall–Kier alpha value is -1.79. The molecule has 1 aromatic rings. The Balaban J connectivity index is 3.25. The van der Waals surface area contributed by atoms with Crippen LogP contribution in [0.2, 0.25) is 0 Å². The molecular formula is C9H12NO5+. The number of ether oxygens (including phenoxy) is 1. The molecule has 0 heterocycles. The van der Waals surface area contributed by atoms with E-state index >= 15 is 0 Å². The van der Waals surface area contributed by atoms with Crippen molar-refractivity contribution in [2.24, 2.45) is 0 Å². The maximum absolute atomic E-state index is 10.7. The van der Waals surface area contributed by atoms with Gasteiger partial charge in [0.25, 0.3) is 0 Å². The van der Waals surface area contributed by atoms with Gasteiger partial charge >= 0.3 is 5.97 Å². The lowest BCUT2D eigenvalue weighted by Crippen LogP contribution is -2.76. The van der Waals surface area contributed by atoms with Gasteiger partial charge in [0, 0.05) is 6.07 Å². The predicted molar refractivity (Wildman–Crippen MR) is 50.2 cm³/mol. The van der Waals surface area contributed by atoms with Gasteiger partial charge in [-0.1, -0.05) is 0 Å². The molecule has 0 aliphatic carbocycles. The first kappa shape index (κ1) is 11.3. The fraction of sp³-hybridized carbons (Fsp3) is 0.222. The maximum Gasteiger partial charge on any atom is 0.336 e. The topological polar surface area (TPSA) is 92.6 Å². The predicted octanol–water partition coefficient (Wildman–Crippen LogP) is -0.145. The number of aromatic carboxylic acids is 1. The quantitative estimate of drug-likeness (QED) is 0.368. The molecule has 0 radical (unpaired) electrons. The molecule has 6 nitrogen and oxygen atoms in total. The summed E-state index contributed by atoms with van der Waals surface area (Å²) in [4.78, 5) is 15.5. The van der Waals surface area contributed by atoms with Crippen molar-refractivity contribution in [3.63, 3.8) is 0 Å². The van der Waals surface area contributed by atoms with Gasteiger partial charge in [-0.15, -0.1) is 0 Å². The van der Waals surface area contributed by atoms with Gasteiger partial charge in [0.2, 0.25) is 11.4 Å². The van der Waals surface area contributed by atoms with Crippen LogP contribution in [0.1, 0.15) is 10.4 Å². The number of carboxylic acids is 1. The van der Waals surface area contributed by atoms with Crippen LogP contribution in [-0.4, -0.2) is 30.4 Å². The van der Waals surface area contributed by atoms with Crippen LogP contribution in [0.25, 0.3) is 0 Å². The van der Waals surface area contributed by atoms with Crippen molar-refractivity contribution in [1.82, 2.24) is 0 Å². The monoisotopic (exact) mass is 214 g/mol. The molecule has 1 rings (SSSR count). The van der Waals surface area contributed by atoms with E-state index in [-0.39, 0.29) is 22.7 Å². The van der Waals surface area contributed by atoms with E-state index in [2.05, 4.69) is 0 Å². The second-order valence-electron chi connectivity index (χ2n) is 2.78. The first-order chi connectivity index (χ1) is 7.10. The van der Waals surface area contributed by atoms with Gasteiger partial charge in [-0.3, -0.25) is 0 Å². The summed E-state index contributed by atoms with van der Waals surface area (Å²) in [6.45, 7) is 0. The average Bonchev–Trinajstić information content (AvgIpc) is 2.21. The molecule has 82 valence electrons. The SMILES string of the molecule is CO[NH2+]c1cc(C(=O)O)cc(OC)c1O. The van der Waals surface area contributed by atoms with E-state index in [4.69, 9.17) is 14.7 Å². The molecule has 0 unspecified atom stereocenters. The Morgan fingerprint density at radius 1 is 1.40 bits per heavy atom. The third-order valence-electron chi connectivity index (χ3n) is 1.82. The molecule has 0 spiro atoms. The van der Waals surface area contributed by atoms with E-state index in [1.165, 1.54) is 31.8 Å². The molecule has 0 saturated carbocycles. The second kappa shape index (κ2) is 4.63. The van der Waals surface area contributed by atoms with Crippen LogP contribution >= 0.6 is 0 Å². The number of nitrogens with two attached hydrogens (primary N) is 1. The Morgan fingerprint density at radius 3 is 2.53 bits per heavy atom. The number of phenols is 1. The van der Waals surface area contributed by atoms with Crippen molar-refractivity contribution in [2.75, 3.05) is 14.2 Å². The zero-order valence-electron chi connectivity index (χ0n) is 8.35. The minimum absolute atomic E-state index is 0.0213. The number of carboxylic acid groups (broad SMARTS) is 1. The van der Waals surface area contributed by atoms with Crippen LogP contribution in [0.4, 0.5) is 5.69 Å². The highest BCUT2D eigenvalue weighted by Gasteiger charge is 2.17. The molecular weight excluding hydrogens is 202 g/mol. The second-order valence-corrected chi connectivity index (χ2v) is 2.78. The van der Waals surface area contributed by atoms with Gasteiger partial charge in [-0.05, 0) is 6.07 Å². The van der Waals surface area contributed by atoms with E-state index in [1.807, 2.05) is 0 Å². The molecule has 0 aromatic heterocycles. The minimum Gasteiger partial charge on any atom is -0.500 e. The van der Waals surface area contributed by atoms with Gasteiger partial charge < -0.3 is 14.9 Å². The summed E-state index contributed by atoms with van der Waals surface area (Å²) in [5.74, 6) is -1.15. The zero-order valence-corrected chi connectivity index (χ0v) is 8.35. The van der Waals surface area contributed by atoms with Crippen molar-refractivity contribution in [3.8, 4) is 11.5 Å². The Bertz CT molecular complexity index is 377. The molecule has 1 aromatic carbocycles. The number of carbonyl (C=O) groups is 1. The summed E-state index contributed by atoms with van der Waals surface area (Å²) >= 11 is 0. The van der Waals surface area contributed by atoms with Gasteiger partial charge in [-0.2, -0.15) is 5.48 Å². The van der Waals surface area contributed by atoms with Crippen molar-refractivity contribution in [2.45, 2.75) is 0 Å². The number of rotatable bonds is 4. The fourth-order valence-electron chi connectivity index (χ4n) is 1.13. The number of methoxy groups -OCH3 is 1. The standard InChI is InChI=1S/C9H11NO5/c1-14-7-4-5(9(12)13)3-6(8(7)11)10-15-2/h3-4,10-11H,1-2H3,(H,12,13)/p+1. The lowest BCUT2D eigenvalue weighted by atomic mass is 10.1. The molecule has 6 heteroatoms. The van der Waals surface area contributed by atoms with Crippen LogP contribution in [0.3, 0.4) is 0 Å². The van der Waals surface area contributed by atoms with E-state index in [0.717, 1.165) is 0 Å². The van der Waals surface area contributed by atoms with Crippen LogP contribution in [0.5, 0.6) is 11.5 Å². The summed E-state index contributed by atoms with van der Waals surface area (Å²) in [6.07, 6.45) is 0. The number of aromatic hydroxyl groups is 1. The Kier molecular flexibility index (Phi) is 3.48. The fourth-order valence-corrected chi connectivity index (χ4v) is 1.13. The van der Waals surface area contributed by atoms with Crippen LogP contribution in [-0.2, 0) is 4.84 Å². The first-order valence-electron chi connectivity index (χ1n) is 4.10. The summed E-state index contributed by atoms with van der Waals surface area (Å²) in [5, 5.41) is 18.4. The molecule has 4 N–H and O–H groups in total. The van der Waals surface area contributed by atoms with Crippen LogP contribution < -0.4 is 10.2 Å². The van der Waals surface area contributed by atoms with Gasteiger partial charge in [-0.25, -0.2) is 9.63 Å². The van der Waals surface area contributed by atoms with Crippen LogP contribution in [0, 0.1) is 0 Å². The van der Waals surface area contributed by atoms with Crippen molar-refractivity contribution in [1.29, 1.82) is 0 Å².